The van der Waals surface area contributed by atoms with Gasteiger partial charge in [0.25, 0.3) is 0 Å². The van der Waals surface area contributed by atoms with Crippen LogP contribution in [0.3, 0.4) is 0 Å². The highest BCUT2D eigenvalue weighted by Crippen LogP contribution is 2.36. The fourth-order valence-electron chi connectivity index (χ4n) is 5.65. The molecule has 3 aliphatic rings. The van der Waals surface area contributed by atoms with Crippen LogP contribution in [0.5, 0.6) is 0 Å². The number of aliphatic carboxylic acids is 1. The summed E-state index contributed by atoms with van der Waals surface area (Å²) in [5.74, 6) is 0.258. The highest BCUT2D eigenvalue weighted by atomic mass is 16.5. The highest BCUT2D eigenvalue weighted by Gasteiger charge is 2.36. The number of benzene rings is 1. The van der Waals surface area contributed by atoms with Gasteiger partial charge in [-0.3, -0.25) is 9.69 Å². The Morgan fingerprint density at radius 2 is 2.11 bits per heavy atom. The summed E-state index contributed by atoms with van der Waals surface area (Å²) in [4.78, 5) is 19.2. The van der Waals surface area contributed by atoms with Crippen molar-refractivity contribution in [2.45, 2.75) is 69.6 Å². The minimum atomic E-state index is -0.803. The second kappa shape index (κ2) is 11.5. The van der Waals surface area contributed by atoms with Crippen molar-refractivity contribution in [3.8, 4) is 0 Å². The van der Waals surface area contributed by atoms with Gasteiger partial charge in [0.1, 0.15) is 11.9 Å². The topological polar surface area (TPSA) is 83.9 Å². The zero-order valence-corrected chi connectivity index (χ0v) is 20.5. The van der Waals surface area contributed by atoms with Crippen molar-refractivity contribution >= 4 is 11.8 Å². The van der Waals surface area contributed by atoms with Crippen LogP contribution in [0.1, 0.15) is 73.1 Å². The first-order valence-corrected chi connectivity index (χ1v) is 13.2. The van der Waals surface area contributed by atoms with Crippen LogP contribution in [-0.4, -0.2) is 59.9 Å². The number of hydrogen-bond donors (Lipinski definition) is 2. The highest BCUT2D eigenvalue weighted by molar-refractivity contribution is 5.76. The molecule has 3 atom stereocenters. The van der Waals surface area contributed by atoms with Crippen LogP contribution in [-0.2, 0) is 27.1 Å². The number of carbonyl (C=O) groups is 1. The van der Waals surface area contributed by atoms with Gasteiger partial charge in [0, 0.05) is 38.5 Å². The molecule has 0 spiro atoms. The first-order chi connectivity index (χ1) is 17.2. The molecule has 1 aromatic carbocycles. The second-order valence-electron chi connectivity index (χ2n) is 9.95. The van der Waals surface area contributed by atoms with Gasteiger partial charge in [-0.1, -0.05) is 30.3 Å². The Labute approximate surface area is 207 Å². The number of likely N-dealkylation sites (tertiary alicyclic amines) is 1. The molecule has 2 unspecified atom stereocenters. The molecule has 7 nitrogen and oxygen atoms in total. The predicted octanol–water partition coefficient (Wildman–Crippen LogP) is 4.53. The van der Waals surface area contributed by atoms with E-state index in [-0.39, 0.29) is 12.2 Å². The van der Waals surface area contributed by atoms with Gasteiger partial charge in [-0.2, -0.15) is 0 Å². The number of anilines is 1. The van der Waals surface area contributed by atoms with Crippen LogP contribution < -0.4 is 5.32 Å². The lowest BCUT2D eigenvalue weighted by atomic mass is 9.94. The maximum Gasteiger partial charge on any atom is 0.325 e. The number of fused-ring (bicyclic) bond motifs is 1. The van der Waals surface area contributed by atoms with Crippen molar-refractivity contribution < 1.29 is 19.4 Å². The first-order valence-electron chi connectivity index (χ1n) is 13.2. The van der Waals surface area contributed by atoms with E-state index in [2.05, 4.69) is 22.3 Å². The molecule has 7 heteroatoms. The van der Waals surface area contributed by atoms with E-state index in [9.17, 15) is 9.90 Å². The molecule has 188 valence electrons. The van der Waals surface area contributed by atoms with Gasteiger partial charge >= 0.3 is 5.97 Å². The standard InChI is InChI=1S/C28H37N3O4/c32-28(33)26(24-10-2-1-9-23(24)25-11-6-18-35-25)31-16-14-22(19-31)34-17-4-3-8-21-13-12-20-7-5-15-29-27(20)30-21/h1-2,9-10,12-13,22,25-26H,3-8,11,14-19H2,(H,29,30)(H,32,33)/t22-,25?,26?/m1/s1. The van der Waals surface area contributed by atoms with Gasteiger partial charge in [-0.05, 0) is 74.1 Å². The summed E-state index contributed by atoms with van der Waals surface area (Å²) < 4.78 is 12.1. The normalized spacial score (nSPS) is 23.1. The fourth-order valence-corrected chi connectivity index (χ4v) is 5.65. The van der Waals surface area contributed by atoms with Crippen molar-refractivity contribution in [3.05, 3.63) is 58.8 Å². The van der Waals surface area contributed by atoms with Gasteiger partial charge in [-0.25, -0.2) is 4.98 Å². The van der Waals surface area contributed by atoms with Crippen LogP contribution in [0.25, 0.3) is 0 Å². The number of unbranched alkanes of at least 4 members (excludes halogenated alkanes) is 1. The number of rotatable bonds is 10. The lowest BCUT2D eigenvalue weighted by Gasteiger charge is -2.27. The van der Waals surface area contributed by atoms with Gasteiger partial charge < -0.3 is 19.9 Å². The molecule has 4 heterocycles. The summed E-state index contributed by atoms with van der Waals surface area (Å²) >= 11 is 0. The molecule has 0 bridgehead atoms. The zero-order chi connectivity index (χ0) is 24.0. The van der Waals surface area contributed by atoms with E-state index in [0.717, 1.165) is 87.3 Å². The number of nitrogens with zero attached hydrogens (tertiary/aromatic N) is 2. The lowest BCUT2D eigenvalue weighted by molar-refractivity contribution is -0.143. The third-order valence-electron chi connectivity index (χ3n) is 7.48. The second-order valence-corrected chi connectivity index (χ2v) is 9.95. The van der Waals surface area contributed by atoms with Crippen LogP contribution in [0, 0.1) is 0 Å². The van der Waals surface area contributed by atoms with Gasteiger partial charge in [0.05, 0.1) is 12.2 Å². The maximum absolute atomic E-state index is 12.4. The molecule has 0 amide bonds. The van der Waals surface area contributed by atoms with Gasteiger partial charge in [0.15, 0.2) is 0 Å². The molecular formula is C28H37N3O4. The number of carboxylic acid groups (broad SMARTS) is 1. The average Bonchev–Trinajstić information content (AvgIpc) is 3.57. The number of ether oxygens (including phenoxy) is 2. The Balaban J connectivity index is 1.10. The van der Waals surface area contributed by atoms with E-state index in [1.165, 1.54) is 12.0 Å². The van der Waals surface area contributed by atoms with E-state index in [0.29, 0.717) is 13.2 Å². The molecule has 3 aliphatic heterocycles. The number of aromatic nitrogens is 1. The largest absolute Gasteiger partial charge is 0.480 e. The third kappa shape index (κ3) is 5.85. The Morgan fingerprint density at radius 1 is 1.20 bits per heavy atom. The zero-order valence-electron chi connectivity index (χ0n) is 20.5. The van der Waals surface area contributed by atoms with E-state index in [1.807, 2.05) is 24.3 Å². The van der Waals surface area contributed by atoms with Crippen LogP contribution in [0.2, 0.25) is 0 Å². The predicted molar refractivity (Wildman–Crippen MR) is 135 cm³/mol. The van der Waals surface area contributed by atoms with Gasteiger partial charge in [0.2, 0.25) is 0 Å². The summed E-state index contributed by atoms with van der Waals surface area (Å²) in [7, 11) is 0. The molecule has 2 aromatic rings. The smallest absolute Gasteiger partial charge is 0.325 e. The molecule has 0 aliphatic carbocycles. The van der Waals surface area contributed by atoms with E-state index in [1.54, 1.807) is 0 Å². The molecule has 35 heavy (non-hydrogen) atoms. The molecule has 2 saturated heterocycles. The molecule has 2 N–H and O–H groups in total. The van der Waals surface area contributed by atoms with Crippen LogP contribution in [0.4, 0.5) is 5.82 Å². The molecule has 0 saturated carbocycles. The molecule has 2 fully saturated rings. The Kier molecular flexibility index (Phi) is 7.96. The SMILES string of the molecule is O=C(O)C(c1ccccc1C1CCCO1)N1CC[C@@H](OCCCCc2ccc3c(n2)NCCC3)C1. The number of pyridine rings is 1. The number of nitrogens with one attached hydrogen (secondary N) is 1. The summed E-state index contributed by atoms with van der Waals surface area (Å²) in [6, 6.07) is 11.6. The first kappa shape index (κ1) is 24.2. The Hall–Kier alpha value is -2.48. The summed E-state index contributed by atoms with van der Waals surface area (Å²) in [6.45, 7) is 3.84. The quantitative estimate of drug-likeness (QED) is 0.484. The van der Waals surface area contributed by atoms with Crippen LogP contribution in [0.15, 0.2) is 36.4 Å². The summed E-state index contributed by atoms with van der Waals surface area (Å²) in [6.07, 6.45) is 8.19. The number of hydrogen-bond acceptors (Lipinski definition) is 6. The Morgan fingerprint density at radius 3 is 2.97 bits per heavy atom. The summed E-state index contributed by atoms with van der Waals surface area (Å²) in [5, 5.41) is 13.5. The third-order valence-corrected chi connectivity index (χ3v) is 7.48. The Bertz CT molecular complexity index is 1010. The lowest BCUT2D eigenvalue weighted by Crippen LogP contribution is -2.34. The van der Waals surface area contributed by atoms with Crippen molar-refractivity contribution in [2.24, 2.45) is 0 Å². The monoisotopic (exact) mass is 479 g/mol. The summed E-state index contributed by atoms with van der Waals surface area (Å²) in [5.41, 5.74) is 4.35. The van der Waals surface area contributed by atoms with Crippen LogP contribution >= 0.6 is 0 Å². The minimum Gasteiger partial charge on any atom is -0.480 e. The minimum absolute atomic E-state index is 0.00286. The van der Waals surface area contributed by atoms with E-state index in [4.69, 9.17) is 14.5 Å². The fraction of sp³-hybridized carbons (Fsp3) is 0.571. The van der Waals surface area contributed by atoms with Crippen molar-refractivity contribution in [3.63, 3.8) is 0 Å². The molecular weight excluding hydrogens is 442 g/mol. The average molecular weight is 480 g/mol. The van der Waals surface area contributed by atoms with Gasteiger partial charge in [-0.15, -0.1) is 0 Å². The molecule has 5 rings (SSSR count). The van der Waals surface area contributed by atoms with E-state index < -0.39 is 12.0 Å². The maximum atomic E-state index is 12.4. The van der Waals surface area contributed by atoms with Crippen molar-refractivity contribution in [1.82, 2.24) is 9.88 Å². The molecule has 0 radical (unpaired) electrons. The molecule has 1 aromatic heterocycles. The number of carboxylic acids is 1. The van der Waals surface area contributed by atoms with E-state index >= 15 is 0 Å². The number of aryl methyl sites for hydroxylation is 2. The van der Waals surface area contributed by atoms with Crippen molar-refractivity contribution in [2.75, 3.05) is 38.2 Å². The van der Waals surface area contributed by atoms with Crippen molar-refractivity contribution in [1.29, 1.82) is 0 Å².